The molecular formula is C21H27F2N7O3S2. The molecule has 3 heterocycles. The summed E-state index contributed by atoms with van der Waals surface area (Å²) >= 11 is 0.694. The van der Waals surface area contributed by atoms with Gasteiger partial charge in [0.05, 0.1) is 16.6 Å². The minimum Gasteiger partial charge on any atom is -0.367 e. The van der Waals surface area contributed by atoms with Crippen molar-refractivity contribution in [2.45, 2.75) is 38.5 Å². The molecule has 190 valence electrons. The van der Waals surface area contributed by atoms with E-state index in [0.29, 0.717) is 60.5 Å². The second-order valence-corrected chi connectivity index (χ2v) is 11.3. The van der Waals surface area contributed by atoms with Crippen molar-refractivity contribution in [3.05, 3.63) is 23.3 Å². The van der Waals surface area contributed by atoms with Gasteiger partial charge in [-0.05, 0) is 18.6 Å². The number of alkyl halides is 2. The van der Waals surface area contributed by atoms with Gasteiger partial charge in [0, 0.05) is 49.7 Å². The van der Waals surface area contributed by atoms with E-state index in [-0.39, 0.29) is 28.4 Å². The predicted molar refractivity (Wildman–Crippen MR) is 129 cm³/mol. The minimum atomic E-state index is -3.83. The van der Waals surface area contributed by atoms with E-state index in [2.05, 4.69) is 20.0 Å². The third-order valence-corrected chi connectivity index (χ3v) is 8.06. The van der Waals surface area contributed by atoms with Crippen LogP contribution in [-0.2, 0) is 14.8 Å². The number of nitrogens with one attached hydrogen (secondary N) is 1. The zero-order chi connectivity index (χ0) is 25.3. The number of benzene rings is 1. The van der Waals surface area contributed by atoms with Crippen LogP contribution < -0.4 is 9.62 Å². The van der Waals surface area contributed by atoms with Crippen molar-refractivity contribution in [2.75, 3.05) is 37.6 Å². The number of hydrogen-bond acceptors (Lipinski definition) is 8. The maximum atomic E-state index is 13.1. The maximum Gasteiger partial charge on any atom is 0.291 e. The minimum absolute atomic E-state index is 0.0366. The molecule has 0 aliphatic carbocycles. The number of piperazine rings is 1. The van der Waals surface area contributed by atoms with E-state index in [1.165, 1.54) is 10.7 Å². The predicted octanol–water partition coefficient (Wildman–Crippen LogP) is 2.81. The van der Waals surface area contributed by atoms with Crippen LogP contribution in [0.15, 0.2) is 23.2 Å². The largest absolute Gasteiger partial charge is 0.367 e. The Morgan fingerprint density at radius 2 is 1.89 bits per heavy atom. The van der Waals surface area contributed by atoms with Gasteiger partial charge in [0.15, 0.2) is 5.01 Å². The summed E-state index contributed by atoms with van der Waals surface area (Å²) < 4.78 is 56.1. The van der Waals surface area contributed by atoms with Crippen LogP contribution in [0.4, 0.5) is 14.5 Å². The van der Waals surface area contributed by atoms with Gasteiger partial charge in [0.25, 0.3) is 6.43 Å². The molecule has 1 fully saturated rings. The lowest BCUT2D eigenvalue weighted by atomic mass is 10.1. The number of carbonyl (C=O) groups is 1. The third kappa shape index (κ3) is 5.14. The SMILES string of the molecule is CCCNS(=O)(=O)c1cc(N2CCN(C(=O)C(C)C)CC2)c2cnn(-c3nnc(C(F)F)s3)c2c1. The summed E-state index contributed by atoms with van der Waals surface area (Å²) in [5.74, 6) is -0.0246. The summed E-state index contributed by atoms with van der Waals surface area (Å²) in [5.41, 5.74) is 1.05. The Bertz CT molecular complexity index is 1320. The Morgan fingerprint density at radius 3 is 2.49 bits per heavy atom. The third-order valence-electron chi connectivity index (χ3n) is 5.72. The maximum absolute atomic E-state index is 13.1. The van der Waals surface area contributed by atoms with Crippen LogP contribution in [0.25, 0.3) is 16.0 Å². The van der Waals surface area contributed by atoms with Gasteiger partial charge in [-0.2, -0.15) is 5.10 Å². The lowest BCUT2D eigenvalue weighted by molar-refractivity contribution is -0.134. The van der Waals surface area contributed by atoms with Crippen LogP contribution in [0.2, 0.25) is 0 Å². The van der Waals surface area contributed by atoms with Gasteiger partial charge >= 0.3 is 0 Å². The number of hydrogen-bond donors (Lipinski definition) is 1. The first-order valence-electron chi connectivity index (χ1n) is 11.3. The number of rotatable bonds is 8. The number of amides is 1. The highest BCUT2D eigenvalue weighted by Gasteiger charge is 2.27. The summed E-state index contributed by atoms with van der Waals surface area (Å²) in [5, 5.41) is 12.0. The molecule has 1 amide bonds. The Hall–Kier alpha value is -2.71. The average molecular weight is 528 g/mol. The molecule has 1 aliphatic rings. The summed E-state index contributed by atoms with van der Waals surface area (Å²) in [4.78, 5) is 16.2. The lowest BCUT2D eigenvalue weighted by Crippen LogP contribution is -2.50. The second kappa shape index (κ2) is 10.1. The molecule has 1 aliphatic heterocycles. The molecule has 35 heavy (non-hydrogen) atoms. The van der Waals surface area contributed by atoms with Crippen molar-refractivity contribution in [3.63, 3.8) is 0 Å². The van der Waals surface area contributed by atoms with Gasteiger partial charge in [-0.3, -0.25) is 4.79 Å². The number of carbonyl (C=O) groups excluding carboxylic acids is 1. The van der Waals surface area contributed by atoms with Crippen molar-refractivity contribution in [1.29, 1.82) is 0 Å². The Morgan fingerprint density at radius 1 is 1.17 bits per heavy atom. The quantitative estimate of drug-likeness (QED) is 0.479. The molecule has 4 rings (SSSR count). The summed E-state index contributed by atoms with van der Waals surface area (Å²) in [6.07, 6.45) is -0.577. The van der Waals surface area contributed by atoms with Crippen LogP contribution in [0, 0.1) is 5.92 Å². The van der Waals surface area contributed by atoms with Crippen molar-refractivity contribution in [2.24, 2.45) is 5.92 Å². The van der Waals surface area contributed by atoms with Crippen molar-refractivity contribution in [3.8, 4) is 5.13 Å². The number of fused-ring (bicyclic) bond motifs is 1. The topological polar surface area (TPSA) is 113 Å². The molecule has 3 aromatic rings. The van der Waals surface area contributed by atoms with Crippen LogP contribution in [0.1, 0.15) is 38.6 Å². The molecule has 0 spiro atoms. The Labute approximate surface area is 206 Å². The first-order chi connectivity index (χ1) is 16.6. The normalized spacial score (nSPS) is 15.1. The molecule has 1 aromatic carbocycles. The van der Waals surface area contributed by atoms with Gasteiger partial charge in [-0.25, -0.2) is 26.6 Å². The van der Waals surface area contributed by atoms with Crippen molar-refractivity contribution in [1.82, 2.24) is 29.6 Å². The van der Waals surface area contributed by atoms with Gasteiger partial charge in [0.1, 0.15) is 0 Å². The van der Waals surface area contributed by atoms with Gasteiger partial charge in [0.2, 0.25) is 21.1 Å². The van der Waals surface area contributed by atoms with E-state index in [1.807, 2.05) is 25.7 Å². The van der Waals surface area contributed by atoms with Crippen LogP contribution in [-0.4, -0.2) is 71.9 Å². The molecule has 1 saturated heterocycles. The number of aromatic nitrogens is 4. The number of nitrogens with zero attached hydrogens (tertiary/aromatic N) is 6. The monoisotopic (exact) mass is 527 g/mol. The average Bonchev–Trinajstić information content (AvgIpc) is 3.49. The zero-order valence-electron chi connectivity index (χ0n) is 19.6. The van der Waals surface area contributed by atoms with Gasteiger partial charge in [-0.15, -0.1) is 10.2 Å². The highest BCUT2D eigenvalue weighted by molar-refractivity contribution is 7.89. The summed E-state index contributed by atoms with van der Waals surface area (Å²) in [6.45, 7) is 7.89. The molecule has 0 bridgehead atoms. The first kappa shape index (κ1) is 25.4. The molecule has 0 unspecified atom stereocenters. The fraction of sp³-hybridized carbons (Fsp3) is 0.524. The molecule has 10 nitrogen and oxygen atoms in total. The van der Waals surface area contributed by atoms with Gasteiger partial charge < -0.3 is 9.80 Å². The standard InChI is InChI=1S/C21H27F2N7O3S2/c1-4-5-25-35(32,33)14-10-16(28-6-8-29(9-7-28)20(31)13(2)3)15-12-24-30(17(15)11-14)21-27-26-19(34-21)18(22)23/h10-13,18,25H,4-9H2,1-3H3. The highest BCUT2D eigenvalue weighted by Crippen LogP contribution is 2.34. The summed E-state index contributed by atoms with van der Waals surface area (Å²) in [6, 6.07) is 3.06. The van der Waals surface area contributed by atoms with Gasteiger partial charge in [-0.1, -0.05) is 32.1 Å². The number of anilines is 1. The molecule has 0 saturated carbocycles. The van der Waals surface area contributed by atoms with E-state index in [0.717, 1.165) is 0 Å². The molecule has 0 radical (unpaired) electrons. The summed E-state index contributed by atoms with van der Waals surface area (Å²) in [7, 11) is -3.83. The molecular weight excluding hydrogens is 500 g/mol. The van der Waals surface area contributed by atoms with E-state index < -0.39 is 21.5 Å². The number of halogens is 2. The molecule has 1 N–H and O–H groups in total. The van der Waals surface area contributed by atoms with Crippen molar-refractivity contribution < 1.29 is 22.0 Å². The van der Waals surface area contributed by atoms with Crippen LogP contribution in [0.3, 0.4) is 0 Å². The highest BCUT2D eigenvalue weighted by atomic mass is 32.2. The Balaban J connectivity index is 1.77. The van der Waals surface area contributed by atoms with Crippen LogP contribution >= 0.6 is 11.3 Å². The first-order valence-corrected chi connectivity index (χ1v) is 13.6. The van der Waals surface area contributed by atoms with Crippen molar-refractivity contribution >= 4 is 43.9 Å². The Kier molecular flexibility index (Phi) is 7.33. The molecule has 0 atom stereocenters. The molecule has 2 aromatic heterocycles. The number of sulfonamides is 1. The van der Waals surface area contributed by atoms with E-state index in [4.69, 9.17) is 0 Å². The van der Waals surface area contributed by atoms with E-state index in [9.17, 15) is 22.0 Å². The fourth-order valence-electron chi connectivity index (χ4n) is 3.91. The second-order valence-electron chi connectivity index (χ2n) is 8.52. The van der Waals surface area contributed by atoms with E-state index in [1.54, 1.807) is 17.2 Å². The fourth-order valence-corrected chi connectivity index (χ4v) is 5.75. The lowest BCUT2D eigenvalue weighted by Gasteiger charge is -2.37. The van der Waals surface area contributed by atoms with E-state index >= 15 is 0 Å². The zero-order valence-corrected chi connectivity index (χ0v) is 21.2. The smallest absolute Gasteiger partial charge is 0.291 e. The van der Waals surface area contributed by atoms with Crippen LogP contribution in [0.5, 0.6) is 0 Å². The molecule has 14 heteroatoms.